The standard InChI is InChI=1S/C26H30N4O3S/c1-4-7-17-34-26-27-24-23(28-29-26)20-10-8-9-11-21(20)30(22(31)6-3)25(33-24)18-12-14-19(15-13-18)32-16-5-2/h8-15,25H,4-7,16-17H2,1-3H3/t25-/m0/s1. The Morgan fingerprint density at radius 1 is 1.06 bits per heavy atom. The molecular weight excluding hydrogens is 448 g/mol. The number of rotatable bonds is 9. The summed E-state index contributed by atoms with van der Waals surface area (Å²) in [6.07, 6.45) is 2.75. The van der Waals surface area contributed by atoms with E-state index in [-0.39, 0.29) is 5.91 Å². The number of anilines is 1. The lowest BCUT2D eigenvalue weighted by molar-refractivity contribution is -0.120. The minimum Gasteiger partial charge on any atom is -0.494 e. The van der Waals surface area contributed by atoms with Crippen molar-refractivity contribution in [2.75, 3.05) is 17.3 Å². The molecule has 178 valence electrons. The molecular formula is C26H30N4O3S. The molecule has 0 N–H and O–H groups in total. The van der Waals surface area contributed by atoms with Gasteiger partial charge in [0.05, 0.1) is 12.3 Å². The Labute approximate surface area is 204 Å². The van der Waals surface area contributed by atoms with E-state index in [0.29, 0.717) is 29.8 Å². The lowest BCUT2D eigenvalue weighted by Gasteiger charge is -2.30. The molecule has 1 aliphatic heterocycles. The van der Waals surface area contributed by atoms with Crippen LogP contribution in [-0.2, 0) is 4.79 Å². The molecule has 0 spiro atoms. The Morgan fingerprint density at radius 2 is 1.85 bits per heavy atom. The number of carbonyl (C=O) groups is 1. The molecule has 1 aliphatic rings. The van der Waals surface area contributed by atoms with Gasteiger partial charge in [0.15, 0.2) is 5.69 Å². The largest absolute Gasteiger partial charge is 0.494 e. The number of amides is 1. The summed E-state index contributed by atoms with van der Waals surface area (Å²) in [6, 6.07) is 15.4. The number of hydrogen-bond acceptors (Lipinski definition) is 7. The molecule has 2 heterocycles. The number of benzene rings is 2. The van der Waals surface area contributed by atoms with Crippen molar-refractivity contribution in [3.63, 3.8) is 0 Å². The molecule has 3 aromatic rings. The number of hydrogen-bond donors (Lipinski definition) is 0. The number of nitrogens with zero attached hydrogens (tertiary/aromatic N) is 4. The first-order valence-corrected chi connectivity index (χ1v) is 12.8. The molecule has 1 atom stereocenters. The monoisotopic (exact) mass is 478 g/mol. The lowest BCUT2D eigenvalue weighted by Crippen LogP contribution is -2.37. The minimum atomic E-state index is -0.694. The van der Waals surface area contributed by atoms with E-state index in [0.717, 1.165) is 47.6 Å². The normalized spacial score (nSPS) is 14.6. The van der Waals surface area contributed by atoms with Crippen LogP contribution in [0.4, 0.5) is 5.69 Å². The van der Waals surface area contributed by atoms with Crippen LogP contribution < -0.4 is 14.4 Å². The van der Waals surface area contributed by atoms with Gasteiger partial charge in [-0.2, -0.15) is 4.98 Å². The van der Waals surface area contributed by atoms with Gasteiger partial charge in [0.2, 0.25) is 23.2 Å². The summed E-state index contributed by atoms with van der Waals surface area (Å²) in [7, 11) is 0. The summed E-state index contributed by atoms with van der Waals surface area (Å²) >= 11 is 1.56. The zero-order valence-electron chi connectivity index (χ0n) is 19.9. The fraction of sp³-hybridized carbons (Fsp3) is 0.385. The van der Waals surface area contributed by atoms with Crippen molar-refractivity contribution in [3.05, 3.63) is 54.1 Å². The number of thioether (sulfide) groups is 1. The SMILES string of the molecule is CCCCSc1nnc2c(n1)O[C@@H](c1ccc(OCCC)cc1)N(C(=O)CC)c1ccccc1-2. The Bertz CT molecular complexity index is 1120. The molecule has 8 heteroatoms. The number of ether oxygens (including phenoxy) is 2. The van der Waals surface area contributed by atoms with E-state index in [1.54, 1.807) is 16.7 Å². The molecule has 4 rings (SSSR count). The Balaban J connectivity index is 1.79. The number of aromatic nitrogens is 3. The van der Waals surface area contributed by atoms with Crippen LogP contribution in [0.15, 0.2) is 53.7 Å². The van der Waals surface area contributed by atoms with Crippen LogP contribution in [0.5, 0.6) is 11.6 Å². The smallest absolute Gasteiger partial charge is 0.247 e. The summed E-state index contributed by atoms with van der Waals surface area (Å²) in [5.41, 5.74) is 2.86. The Kier molecular flexibility index (Phi) is 8.00. The van der Waals surface area contributed by atoms with Crippen molar-refractivity contribution in [3.8, 4) is 22.9 Å². The summed E-state index contributed by atoms with van der Waals surface area (Å²) in [4.78, 5) is 19.6. The highest BCUT2D eigenvalue weighted by molar-refractivity contribution is 7.99. The van der Waals surface area contributed by atoms with Crippen LogP contribution in [0.2, 0.25) is 0 Å². The maximum atomic E-state index is 13.2. The van der Waals surface area contributed by atoms with Crippen LogP contribution in [-0.4, -0.2) is 33.4 Å². The topological polar surface area (TPSA) is 77.4 Å². The van der Waals surface area contributed by atoms with Gasteiger partial charge in [-0.3, -0.25) is 9.69 Å². The molecule has 7 nitrogen and oxygen atoms in total. The highest BCUT2D eigenvalue weighted by Crippen LogP contribution is 2.43. The third-order valence-electron chi connectivity index (χ3n) is 5.45. The Hall–Kier alpha value is -3.13. The first-order chi connectivity index (χ1) is 16.7. The molecule has 34 heavy (non-hydrogen) atoms. The van der Waals surface area contributed by atoms with Crippen LogP contribution in [0.3, 0.4) is 0 Å². The summed E-state index contributed by atoms with van der Waals surface area (Å²) in [6.45, 7) is 6.73. The first kappa shape index (κ1) is 24.0. The van der Waals surface area contributed by atoms with Gasteiger partial charge in [0.1, 0.15) is 5.75 Å². The average Bonchev–Trinajstić information content (AvgIpc) is 3.02. The number of carbonyl (C=O) groups excluding carboxylic acids is 1. The fourth-order valence-electron chi connectivity index (χ4n) is 3.69. The van der Waals surface area contributed by atoms with E-state index in [1.165, 1.54) is 0 Å². The van der Waals surface area contributed by atoms with Gasteiger partial charge < -0.3 is 9.47 Å². The van der Waals surface area contributed by atoms with Gasteiger partial charge in [0.25, 0.3) is 0 Å². The fourth-order valence-corrected chi connectivity index (χ4v) is 4.55. The number of fused-ring (bicyclic) bond motifs is 3. The van der Waals surface area contributed by atoms with E-state index in [1.807, 2.05) is 55.5 Å². The second-order valence-corrected chi connectivity index (χ2v) is 9.03. The predicted molar refractivity (Wildman–Crippen MR) is 134 cm³/mol. The maximum Gasteiger partial charge on any atom is 0.247 e. The highest BCUT2D eigenvalue weighted by Gasteiger charge is 2.35. The quantitative estimate of drug-likeness (QED) is 0.273. The maximum absolute atomic E-state index is 13.2. The molecule has 0 radical (unpaired) electrons. The molecule has 0 aliphatic carbocycles. The average molecular weight is 479 g/mol. The summed E-state index contributed by atoms with van der Waals surface area (Å²) < 4.78 is 12.2. The molecule has 0 fully saturated rings. The zero-order valence-corrected chi connectivity index (χ0v) is 20.7. The minimum absolute atomic E-state index is 0.0536. The molecule has 2 aromatic carbocycles. The molecule has 0 saturated carbocycles. The second kappa shape index (κ2) is 11.3. The van der Waals surface area contributed by atoms with E-state index in [9.17, 15) is 4.79 Å². The van der Waals surface area contributed by atoms with Gasteiger partial charge in [-0.1, -0.05) is 57.2 Å². The lowest BCUT2D eigenvalue weighted by atomic mass is 10.1. The van der Waals surface area contributed by atoms with Gasteiger partial charge in [-0.25, -0.2) is 0 Å². The summed E-state index contributed by atoms with van der Waals surface area (Å²) in [5.74, 6) is 2.02. The molecule has 0 saturated heterocycles. The van der Waals surface area contributed by atoms with E-state index >= 15 is 0 Å². The van der Waals surface area contributed by atoms with Gasteiger partial charge in [0, 0.05) is 23.3 Å². The Morgan fingerprint density at radius 3 is 2.59 bits per heavy atom. The molecule has 0 bridgehead atoms. The van der Waals surface area contributed by atoms with Crippen LogP contribution in [0.25, 0.3) is 11.3 Å². The number of para-hydroxylation sites is 1. The molecule has 0 unspecified atom stereocenters. The third kappa shape index (κ3) is 5.17. The van der Waals surface area contributed by atoms with E-state index < -0.39 is 6.23 Å². The van der Waals surface area contributed by atoms with Crippen molar-refractivity contribution in [1.29, 1.82) is 0 Å². The molecule has 1 aromatic heterocycles. The van der Waals surface area contributed by atoms with Crippen molar-refractivity contribution in [1.82, 2.24) is 15.2 Å². The van der Waals surface area contributed by atoms with Crippen LogP contribution in [0, 0.1) is 0 Å². The number of unbranched alkanes of at least 4 members (excludes halogenated alkanes) is 1. The first-order valence-electron chi connectivity index (χ1n) is 11.8. The van der Waals surface area contributed by atoms with Crippen molar-refractivity contribution in [2.24, 2.45) is 0 Å². The van der Waals surface area contributed by atoms with Gasteiger partial charge in [-0.15, -0.1) is 10.2 Å². The molecule has 1 amide bonds. The van der Waals surface area contributed by atoms with Crippen LogP contribution >= 0.6 is 11.8 Å². The van der Waals surface area contributed by atoms with Gasteiger partial charge in [-0.05, 0) is 43.2 Å². The van der Waals surface area contributed by atoms with Crippen molar-refractivity contribution >= 4 is 23.4 Å². The van der Waals surface area contributed by atoms with Crippen molar-refractivity contribution in [2.45, 2.75) is 57.8 Å². The third-order valence-corrected chi connectivity index (χ3v) is 6.37. The predicted octanol–water partition coefficient (Wildman–Crippen LogP) is 6.05. The van der Waals surface area contributed by atoms with Crippen molar-refractivity contribution < 1.29 is 14.3 Å². The zero-order chi connectivity index (χ0) is 23.9. The second-order valence-electron chi connectivity index (χ2n) is 7.97. The van der Waals surface area contributed by atoms with Gasteiger partial charge >= 0.3 is 0 Å². The van der Waals surface area contributed by atoms with Crippen LogP contribution in [0.1, 0.15) is 58.2 Å². The van der Waals surface area contributed by atoms with E-state index in [4.69, 9.17) is 14.5 Å². The van der Waals surface area contributed by atoms with E-state index in [2.05, 4.69) is 24.0 Å². The summed E-state index contributed by atoms with van der Waals surface area (Å²) in [5, 5.41) is 9.38. The highest BCUT2D eigenvalue weighted by atomic mass is 32.2.